The molecule has 8 heavy (non-hydrogen) atoms. The first-order chi connectivity index (χ1) is 3.77. The van der Waals surface area contributed by atoms with E-state index in [9.17, 15) is 0 Å². The predicted octanol–water partition coefficient (Wildman–Crippen LogP) is 2.78. The largest absolute Gasteiger partial charge is 0.229 e. The van der Waals surface area contributed by atoms with Crippen molar-refractivity contribution < 1.29 is 0 Å². The first kappa shape index (κ1) is 8.98. The molecule has 0 heterocycles. The minimum Gasteiger partial charge on any atom is -0.152 e. The third kappa shape index (κ3) is 6.98. The van der Waals surface area contributed by atoms with E-state index in [1.165, 1.54) is 12.8 Å². The smallest absolute Gasteiger partial charge is 0.152 e. The molecule has 0 fully saturated rings. The first-order valence-electron chi connectivity index (χ1n) is 2.72. The minimum atomic E-state index is -0.940. The lowest BCUT2D eigenvalue weighted by molar-refractivity contribution is 0.960. The number of halogens is 2. The van der Waals surface area contributed by atoms with Crippen LogP contribution < -0.4 is 0 Å². The Hall–Kier alpha value is 0.977. The zero-order valence-corrected chi connectivity index (χ0v) is 8.97. The average molecular weight is 261 g/mol. The molecule has 0 amide bonds. The molecule has 0 saturated heterocycles. The van der Waals surface area contributed by atoms with Crippen LogP contribution in [0.3, 0.4) is 0 Å². The average Bonchev–Trinajstić information content (AvgIpc) is 1.66. The molecule has 0 nitrogen and oxygen atoms in total. The second-order valence-corrected chi connectivity index (χ2v) is 10.3. The van der Waals surface area contributed by atoms with Crippen LogP contribution in [0.5, 0.6) is 0 Å². The van der Waals surface area contributed by atoms with Crippen molar-refractivity contribution in [1.29, 1.82) is 0 Å². The van der Waals surface area contributed by atoms with Gasteiger partial charge < -0.3 is 0 Å². The summed E-state index contributed by atoms with van der Waals surface area (Å²) in [6, 6.07) is 0. The summed E-state index contributed by atoms with van der Waals surface area (Å²) in [5.74, 6) is 0. The SMILES string of the molecule is CCCC=C[SiH](Cl)I. The molecule has 0 spiro atoms. The van der Waals surface area contributed by atoms with Gasteiger partial charge in [0.25, 0.3) is 0 Å². The van der Waals surface area contributed by atoms with Crippen LogP contribution in [0.1, 0.15) is 19.8 Å². The molecule has 0 aromatic rings. The standard InChI is InChI=1S/C5H10ClISi/c1-2-3-4-5-8(6)7/h4-5,8H,2-3H2,1H3. The van der Waals surface area contributed by atoms with E-state index in [2.05, 4.69) is 40.5 Å². The lowest BCUT2D eigenvalue weighted by Crippen LogP contribution is -1.81. The van der Waals surface area contributed by atoms with Gasteiger partial charge >= 0.3 is 0 Å². The Morgan fingerprint density at radius 3 is 2.75 bits per heavy atom. The van der Waals surface area contributed by atoms with E-state index in [1.807, 2.05) is 0 Å². The summed E-state index contributed by atoms with van der Waals surface area (Å²) in [5, 5.41) is 0. The van der Waals surface area contributed by atoms with Crippen LogP contribution >= 0.6 is 32.9 Å². The van der Waals surface area contributed by atoms with E-state index in [4.69, 9.17) is 11.1 Å². The van der Waals surface area contributed by atoms with Gasteiger partial charge in [-0.05, 0) is 6.42 Å². The molecule has 1 atom stereocenters. The maximum absolute atomic E-state index is 5.75. The third-order valence-corrected chi connectivity index (χ3v) is 2.98. The van der Waals surface area contributed by atoms with Crippen molar-refractivity contribution in [2.45, 2.75) is 19.8 Å². The highest BCUT2D eigenvalue weighted by Crippen LogP contribution is 2.02. The Morgan fingerprint density at radius 1 is 1.75 bits per heavy atom. The molecule has 0 radical (unpaired) electrons. The van der Waals surface area contributed by atoms with E-state index in [-0.39, 0.29) is 0 Å². The molecule has 48 valence electrons. The van der Waals surface area contributed by atoms with Crippen molar-refractivity contribution in [2.75, 3.05) is 0 Å². The van der Waals surface area contributed by atoms with Crippen LogP contribution in [0, 0.1) is 0 Å². The van der Waals surface area contributed by atoms with Gasteiger partial charge in [0, 0.05) is 0 Å². The van der Waals surface area contributed by atoms with Crippen LogP contribution in [0.4, 0.5) is 0 Å². The van der Waals surface area contributed by atoms with Gasteiger partial charge in [0.2, 0.25) is 5.60 Å². The lowest BCUT2D eigenvalue weighted by atomic mass is 10.3. The molecule has 0 aliphatic heterocycles. The summed E-state index contributed by atoms with van der Waals surface area (Å²) in [6.45, 7) is 2.17. The summed E-state index contributed by atoms with van der Waals surface area (Å²) >= 11 is 8.05. The van der Waals surface area contributed by atoms with Crippen molar-refractivity contribution in [1.82, 2.24) is 0 Å². The second kappa shape index (κ2) is 6.10. The van der Waals surface area contributed by atoms with Gasteiger partial charge in [0.05, 0.1) is 0 Å². The Bertz CT molecular complexity index is 72.8. The summed E-state index contributed by atoms with van der Waals surface area (Å²) in [6.07, 6.45) is 4.58. The molecule has 0 saturated carbocycles. The second-order valence-electron chi connectivity index (χ2n) is 1.55. The van der Waals surface area contributed by atoms with Crippen molar-refractivity contribution in [3.8, 4) is 0 Å². The molecular formula is C5H10ClISi. The van der Waals surface area contributed by atoms with Gasteiger partial charge in [-0.2, -0.15) is 11.1 Å². The van der Waals surface area contributed by atoms with Gasteiger partial charge in [-0.1, -0.05) is 46.9 Å². The normalized spacial score (nSPS) is 14.9. The van der Waals surface area contributed by atoms with Crippen molar-refractivity contribution in [3.63, 3.8) is 0 Å². The third-order valence-electron chi connectivity index (χ3n) is 0.737. The summed E-state index contributed by atoms with van der Waals surface area (Å²) in [5.41, 5.74) is 1.20. The van der Waals surface area contributed by atoms with Crippen molar-refractivity contribution >= 4 is 38.5 Å². The molecule has 1 unspecified atom stereocenters. The van der Waals surface area contributed by atoms with Crippen LogP contribution in [0.2, 0.25) is 0 Å². The fraction of sp³-hybridized carbons (Fsp3) is 0.600. The highest BCUT2D eigenvalue weighted by Gasteiger charge is 1.89. The van der Waals surface area contributed by atoms with Crippen LogP contribution in [-0.2, 0) is 0 Å². The molecule has 0 bridgehead atoms. The number of hydrogen-bond acceptors (Lipinski definition) is 0. The van der Waals surface area contributed by atoms with Gasteiger partial charge in [0.15, 0.2) is 0 Å². The van der Waals surface area contributed by atoms with Crippen molar-refractivity contribution in [2.24, 2.45) is 0 Å². The zero-order chi connectivity index (χ0) is 6.41. The Morgan fingerprint density at radius 2 is 2.38 bits per heavy atom. The Balaban J connectivity index is 3.07. The molecule has 0 aliphatic rings. The van der Waals surface area contributed by atoms with Gasteiger partial charge in [0.1, 0.15) is 0 Å². The van der Waals surface area contributed by atoms with Crippen molar-refractivity contribution in [3.05, 3.63) is 11.8 Å². The molecule has 0 aliphatic carbocycles. The van der Waals surface area contributed by atoms with E-state index in [1.54, 1.807) is 0 Å². The number of unbranched alkanes of at least 4 members (excludes halogenated alkanes) is 1. The lowest BCUT2D eigenvalue weighted by Gasteiger charge is -1.84. The Kier molecular flexibility index (Phi) is 6.85. The predicted molar refractivity (Wildman–Crippen MR) is 51.1 cm³/mol. The fourth-order valence-corrected chi connectivity index (χ4v) is 1.95. The highest BCUT2D eigenvalue weighted by atomic mass is 127. The number of allylic oxidation sites excluding steroid dienone is 1. The fourth-order valence-electron chi connectivity index (χ4n) is 0.366. The quantitative estimate of drug-likeness (QED) is 0.416. The molecule has 3 heteroatoms. The molecule has 0 aromatic carbocycles. The van der Waals surface area contributed by atoms with E-state index < -0.39 is 5.60 Å². The monoisotopic (exact) mass is 260 g/mol. The zero-order valence-electron chi connectivity index (χ0n) is 4.90. The summed E-state index contributed by atoms with van der Waals surface area (Å²) in [7, 11) is 0. The van der Waals surface area contributed by atoms with Crippen LogP contribution in [0.25, 0.3) is 0 Å². The summed E-state index contributed by atoms with van der Waals surface area (Å²) in [4.78, 5) is 0. The molecule has 0 aromatic heterocycles. The first-order valence-corrected chi connectivity index (χ1v) is 9.30. The molecule has 0 rings (SSSR count). The topological polar surface area (TPSA) is 0 Å². The van der Waals surface area contributed by atoms with Gasteiger partial charge in [-0.25, -0.2) is 0 Å². The number of hydrogen-bond donors (Lipinski definition) is 0. The van der Waals surface area contributed by atoms with Crippen LogP contribution in [0.15, 0.2) is 11.8 Å². The number of rotatable bonds is 3. The molecular weight excluding hydrogens is 250 g/mol. The van der Waals surface area contributed by atoms with Gasteiger partial charge in [-0.15, -0.1) is 0 Å². The minimum absolute atomic E-state index is 0.940. The van der Waals surface area contributed by atoms with E-state index in [0.717, 1.165) is 0 Å². The molecule has 0 N–H and O–H groups in total. The van der Waals surface area contributed by atoms with Crippen LogP contribution in [-0.4, -0.2) is 5.60 Å². The van der Waals surface area contributed by atoms with E-state index in [0.29, 0.717) is 0 Å². The maximum atomic E-state index is 5.75. The van der Waals surface area contributed by atoms with E-state index >= 15 is 0 Å². The Labute approximate surface area is 69.8 Å². The highest BCUT2D eigenvalue weighted by molar-refractivity contribution is 14.1. The maximum Gasteiger partial charge on any atom is 0.229 e. The van der Waals surface area contributed by atoms with Gasteiger partial charge in [-0.3, -0.25) is 0 Å². The summed E-state index contributed by atoms with van der Waals surface area (Å²) < 4.78 is 0.